The molecular formula is C69H120N8O6. The van der Waals surface area contributed by atoms with Crippen LogP contribution in [-0.4, -0.2) is 73.8 Å². The zero-order valence-electron chi connectivity index (χ0n) is 53.3. The van der Waals surface area contributed by atoms with Gasteiger partial charge >= 0.3 is 0 Å². The zero-order chi connectivity index (χ0) is 59.5. The Hall–Kier alpha value is -4.69. The molecule has 0 radical (unpaired) electrons. The first kappa shape index (κ1) is 72.6. The summed E-state index contributed by atoms with van der Waals surface area (Å²) >= 11 is 0. The van der Waals surface area contributed by atoms with Gasteiger partial charge < -0.3 is 14.4 Å². The van der Waals surface area contributed by atoms with E-state index in [9.17, 15) is 20.0 Å². The third kappa shape index (κ3) is 36.7. The second kappa shape index (κ2) is 50.6. The third-order valence-electron chi connectivity index (χ3n) is 16.0. The molecule has 0 aliphatic heterocycles. The molecule has 0 unspecified atom stereocenters. The van der Waals surface area contributed by atoms with Gasteiger partial charge in [0.15, 0.2) is 0 Å². The Morgan fingerprint density at radius 3 is 0.855 bits per heavy atom. The van der Waals surface area contributed by atoms with E-state index in [0.717, 1.165) is 64.2 Å². The summed E-state index contributed by atoms with van der Waals surface area (Å²) in [5.74, 6) is -0.175. The van der Waals surface area contributed by atoms with Crippen molar-refractivity contribution in [2.75, 3.05) is 42.1 Å². The molecule has 472 valence electrons. The Bertz CT molecular complexity index is 1860. The number of carbonyl (C=O) groups is 2. The van der Waals surface area contributed by atoms with Gasteiger partial charge in [0.05, 0.1) is 13.2 Å². The molecule has 14 nitrogen and oxygen atoms in total. The summed E-state index contributed by atoms with van der Waals surface area (Å²) in [6.45, 7) is 11.5. The van der Waals surface area contributed by atoms with Crippen LogP contribution in [0.5, 0.6) is 11.5 Å². The van der Waals surface area contributed by atoms with Crippen molar-refractivity contribution in [2.45, 2.75) is 310 Å². The SMILES string of the molecule is CCCCCCCCCCCCCCCCCCN(CCCCCCCCCCCCCCCCCC)c1nc(NN(O)C(=O)c2ccc(OCCCCCCCC)cc2)nc(NN(O)C(=O)c2ccc(OCCCCCCCC)cc2)n1. The second-order valence-electron chi connectivity index (χ2n) is 23.6. The maximum Gasteiger partial charge on any atom is 0.297 e. The number of ether oxygens (including phenoxy) is 2. The number of nitrogens with zero attached hydrogens (tertiary/aromatic N) is 6. The smallest absolute Gasteiger partial charge is 0.297 e. The topological polar surface area (TPSA) is 166 Å². The number of aromatic nitrogens is 3. The van der Waals surface area contributed by atoms with Gasteiger partial charge in [-0.05, 0) is 74.2 Å². The number of hydroxylamine groups is 2. The first-order valence-corrected chi connectivity index (χ1v) is 34.4. The van der Waals surface area contributed by atoms with Crippen molar-refractivity contribution < 1.29 is 29.5 Å². The lowest BCUT2D eigenvalue weighted by Gasteiger charge is -2.25. The van der Waals surface area contributed by atoms with Gasteiger partial charge in [0, 0.05) is 24.2 Å². The summed E-state index contributed by atoms with van der Waals surface area (Å²) in [4.78, 5) is 43.4. The fourth-order valence-corrected chi connectivity index (χ4v) is 10.7. The molecular weight excluding hydrogens is 1040 g/mol. The number of unbranched alkanes of at least 4 members (excludes halogenated alkanes) is 40. The molecule has 3 rings (SSSR count). The van der Waals surface area contributed by atoms with Crippen molar-refractivity contribution >= 4 is 29.7 Å². The monoisotopic (exact) mass is 1160 g/mol. The van der Waals surface area contributed by atoms with E-state index in [4.69, 9.17) is 19.4 Å². The molecule has 1 aromatic heterocycles. The van der Waals surface area contributed by atoms with E-state index in [1.54, 1.807) is 48.5 Å². The minimum Gasteiger partial charge on any atom is -0.494 e. The lowest BCUT2D eigenvalue weighted by atomic mass is 10.0. The number of hydrogen-bond donors (Lipinski definition) is 4. The fourth-order valence-electron chi connectivity index (χ4n) is 10.7. The summed E-state index contributed by atoms with van der Waals surface area (Å²) < 4.78 is 11.9. The first-order chi connectivity index (χ1) is 40.8. The summed E-state index contributed by atoms with van der Waals surface area (Å²) in [6, 6.07) is 13.3. The molecule has 83 heavy (non-hydrogen) atoms. The highest BCUT2D eigenvalue weighted by molar-refractivity contribution is 5.94. The van der Waals surface area contributed by atoms with Crippen molar-refractivity contribution in [3.63, 3.8) is 0 Å². The summed E-state index contributed by atoms with van der Waals surface area (Å²) in [5.41, 5.74) is 5.75. The molecule has 2 aromatic carbocycles. The van der Waals surface area contributed by atoms with E-state index >= 15 is 0 Å². The highest BCUT2D eigenvalue weighted by Crippen LogP contribution is 2.22. The Labute approximate surface area is 505 Å². The molecule has 2 amide bonds. The number of rotatable bonds is 57. The fraction of sp³-hybridized carbons (Fsp3) is 0.754. The predicted octanol–water partition coefficient (Wildman–Crippen LogP) is 20.4. The average Bonchev–Trinajstić information content (AvgIpc) is 3.67. The highest BCUT2D eigenvalue weighted by Gasteiger charge is 2.22. The minimum absolute atomic E-state index is 0.149. The van der Waals surface area contributed by atoms with Crippen LogP contribution in [0.4, 0.5) is 17.8 Å². The van der Waals surface area contributed by atoms with Gasteiger partial charge in [0.25, 0.3) is 23.7 Å². The molecule has 0 saturated carbocycles. The van der Waals surface area contributed by atoms with Crippen LogP contribution in [0, 0.1) is 0 Å². The Morgan fingerprint density at radius 1 is 0.349 bits per heavy atom. The molecule has 0 saturated heterocycles. The first-order valence-electron chi connectivity index (χ1n) is 34.4. The Morgan fingerprint density at radius 2 is 0.590 bits per heavy atom. The lowest BCUT2D eigenvalue weighted by Crippen LogP contribution is -2.36. The average molecular weight is 1160 g/mol. The van der Waals surface area contributed by atoms with Gasteiger partial charge in [0.1, 0.15) is 11.5 Å². The maximum atomic E-state index is 13.6. The van der Waals surface area contributed by atoms with Crippen LogP contribution in [-0.2, 0) is 0 Å². The molecule has 0 fully saturated rings. The van der Waals surface area contributed by atoms with Crippen molar-refractivity contribution in [3.05, 3.63) is 59.7 Å². The number of carbonyl (C=O) groups excluding carboxylic acids is 2. The van der Waals surface area contributed by atoms with Gasteiger partial charge in [-0.2, -0.15) is 15.0 Å². The number of amides is 2. The van der Waals surface area contributed by atoms with Crippen molar-refractivity contribution in [3.8, 4) is 11.5 Å². The van der Waals surface area contributed by atoms with E-state index in [0.29, 0.717) is 54.1 Å². The molecule has 14 heteroatoms. The minimum atomic E-state index is -0.736. The lowest BCUT2D eigenvalue weighted by molar-refractivity contribution is -0.0400. The molecule has 0 aliphatic rings. The van der Waals surface area contributed by atoms with Gasteiger partial charge in [-0.15, -0.1) is 10.3 Å². The molecule has 0 spiro atoms. The maximum absolute atomic E-state index is 13.6. The second-order valence-corrected chi connectivity index (χ2v) is 23.6. The largest absolute Gasteiger partial charge is 0.494 e. The number of nitrogens with one attached hydrogen (secondary N) is 2. The molecule has 0 aliphatic carbocycles. The molecule has 3 aromatic rings. The van der Waals surface area contributed by atoms with Gasteiger partial charge in [-0.25, -0.2) is 10.9 Å². The molecule has 4 N–H and O–H groups in total. The van der Waals surface area contributed by atoms with Gasteiger partial charge in [-0.3, -0.25) is 20.0 Å². The van der Waals surface area contributed by atoms with E-state index in [1.807, 2.05) is 0 Å². The quantitative estimate of drug-likeness (QED) is 0.0240. The summed E-state index contributed by atoms with van der Waals surface area (Å²) in [7, 11) is 0. The number of hydrazine groups is 2. The number of anilines is 3. The Kier molecular flexibility index (Phi) is 44.3. The van der Waals surface area contributed by atoms with Crippen LogP contribution in [0.2, 0.25) is 0 Å². The van der Waals surface area contributed by atoms with Crippen LogP contribution in [0.25, 0.3) is 0 Å². The highest BCUT2D eigenvalue weighted by atomic mass is 16.6. The third-order valence-corrected chi connectivity index (χ3v) is 16.0. The van der Waals surface area contributed by atoms with Crippen LogP contribution >= 0.6 is 0 Å². The summed E-state index contributed by atoms with van der Waals surface area (Å²) in [6.07, 6.45) is 55.1. The van der Waals surface area contributed by atoms with Crippen LogP contribution < -0.4 is 25.2 Å². The van der Waals surface area contributed by atoms with Crippen molar-refractivity contribution in [2.24, 2.45) is 0 Å². The normalized spacial score (nSPS) is 11.3. The molecule has 0 bridgehead atoms. The predicted molar refractivity (Wildman–Crippen MR) is 345 cm³/mol. The Balaban J connectivity index is 1.70. The van der Waals surface area contributed by atoms with Crippen molar-refractivity contribution in [1.82, 2.24) is 25.3 Å². The standard InChI is InChI=1S/C69H120N8O6/c1-5-9-13-17-21-23-25-27-29-31-33-35-37-39-41-45-57-75(58-46-42-40-38-36-34-32-30-28-26-24-22-18-14-10-6-2)69-71-67(73-76(80)65(78)61-49-53-63(54-50-61)82-59-47-43-19-15-11-7-3)70-68(72-69)74-77(81)66(79)62-51-55-64(56-52-62)83-60-48-44-20-16-12-8-4/h49-56,80-81H,5-48,57-60H2,1-4H3,(H2,70,71,72,73,74). The zero-order valence-corrected chi connectivity index (χ0v) is 53.3. The van der Waals surface area contributed by atoms with Crippen LogP contribution in [0.1, 0.15) is 331 Å². The van der Waals surface area contributed by atoms with E-state index in [1.165, 1.54) is 218 Å². The number of benzene rings is 2. The molecule has 1 heterocycles. The number of hydrogen-bond acceptors (Lipinski definition) is 12. The van der Waals surface area contributed by atoms with E-state index in [2.05, 4.69) is 48.4 Å². The van der Waals surface area contributed by atoms with Crippen LogP contribution in [0.15, 0.2) is 48.5 Å². The van der Waals surface area contributed by atoms with Gasteiger partial charge in [-0.1, -0.05) is 285 Å². The molecule has 0 atom stereocenters. The van der Waals surface area contributed by atoms with E-state index in [-0.39, 0.29) is 23.0 Å². The van der Waals surface area contributed by atoms with Crippen LogP contribution in [0.3, 0.4) is 0 Å². The van der Waals surface area contributed by atoms with Gasteiger partial charge in [0.2, 0.25) is 5.95 Å². The van der Waals surface area contributed by atoms with E-state index < -0.39 is 11.8 Å². The summed E-state index contributed by atoms with van der Waals surface area (Å²) in [5, 5.41) is 23.2. The van der Waals surface area contributed by atoms with Crippen molar-refractivity contribution in [1.29, 1.82) is 0 Å².